The average Bonchev–Trinajstić information content (AvgIpc) is 3.07. The highest BCUT2D eigenvalue weighted by molar-refractivity contribution is 8.00. The number of nitro groups is 1. The number of nitro benzene ring substituents is 1. The van der Waals surface area contributed by atoms with E-state index in [1.165, 1.54) is 54.5 Å². The van der Waals surface area contributed by atoms with Crippen molar-refractivity contribution in [1.82, 2.24) is 20.7 Å². The highest BCUT2D eigenvalue weighted by Crippen LogP contribution is 2.38. The molecular formula is C17H15N5O5S. The Labute approximate surface area is 163 Å². The van der Waals surface area contributed by atoms with Crippen molar-refractivity contribution in [1.29, 1.82) is 0 Å². The van der Waals surface area contributed by atoms with Crippen molar-refractivity contribution in [2.45, 2.75) is 5.37 Å². The fourth-order valence-corrected chi connectivity index (χ4v) is 3.62. The van der Waals surface area contributed by atoms with Crippen molar-refractivity contribution in [2.24, 2.45) is 0 Å². The molecule has 2 heterocycles. The number of carbonyl (C=O) groups excluding carboxylic acids is 3. The average molecular weight is 401 g/mol. The Hall–Kier alpha value is -3.47. The number of benzene rings is 1. The maximum absolute atomic E-state index is 12.2. The number of hydrogen-bond acceptors (Lipinski definition) is 7. The van der Waals surface area contributed by atoms with E-state index in [-0.39, 0.29) is 23.9 Å². The lowest BCUT2D eigenvalue weighted by Gasteiger charge is -2.24. The van der Waals surface area contributed by atoms with E-state index in [0.29, 0.717) is 11.1 Å². The van der Waals surface area contributed by atoms with Crippen molar-refractivity contribution < 1.29 is 19.3 Å². The summed E-state index contributed by atoms with van der Waals surface area (Å²) in [5.74, 6) is -1.25. The van der Waals surface area contributed by atoms with Gasteiger partial charge in [0.15, 0.2) is 0 Å². The first-order chi connectivity index (χ1) is 13.5. The zero-order valence-electron chi connectivity index (χ0n) is 14.4. The molecule has 1 fully saturated rings. The fourth-order valence-electron chi connectivity index (χ4n) is 2.52. The van der Waals surface area contributed by atoms with E-state index in [0.717, 1.165) is 5.01 Å². The second-order valence-electron chi connectivity index (χ2n) is 5.73. The highest BCUT2D eigenvalue weighted by Gasteiger charge is 2.35. The molecule has 1 aliphatic heterocycles. The topological polar surface area (TPSA) is 135 Å². The van der Waals surface area contributed by atoms with Crippen LogP contribution in [0.1, 0.15) is 21.3 Å². The lowest BCUT2D eigenvalue weighted by atomic mass is 10.2. The van der Waals surface area contributed by atoms with Crippen LogP contribution in [-0.4, -0.2) is 44.9 Å². The molecule has 3 amide bonds. The number of carbonyl (C=O) groups is 3. The maximum atomic E-state index is 12.2. The molecule has 0 bridgehead atoms. The van der Waals surface area contributed by atoms with Gasteiger partial charge in [-0.15, -0.1) is 11.8 Å². The first-order valence-electron chi connectivity index (χ1n) is 8.11. The zero-order chi connectivity index (χ0) is 20.1. The number of pyridine rings is 1. The number of aromatic nitrogens is 1. The SMILES string of the molecule is O=C(CNC(=O)c1ccncc1)NN1C(=O)CSC1c1cccc([N+](=O)[O-])c1. The number of thioether (sulfide) groups is 1. The van der Waals surface area contributed by atoms with E-state index in [9.17, 15) is 24.5 Å². The van der Waals surface area contributed by atoms with Gasteiger partial charge in [0, 0.05) is 30.1 Å². The van der Waals surface area contributed by atoms with E-state index >= 15 is 0 Å². The van der Waals surface area contributed by atoms with Gasteiger partial charge in [-0.05, 0) is 17.7 Å². The Bertz CT molecular complexity index is 923. The normalized spacial score (nSPS) is 15.9. The minimum atomic E-state index is -0.591. The number of non-ortho nitro benzene ring substituents is 1. The van der Waals surface area contributed by atoms with E-state index in [2.05, 4.69) is 15.7 Å². The summed E-state index contributed by atoms with van der Waals surface area (Å²) >= 11 is 1.24. The zero-order valence-corrected chi connectivity index (χ0v) is 15.2. The molecule has 1 saturated heterocycles. The molecule has 3 rings (SSSR count). The quantitative estimate of drug-likeness (QED) is 0.545. The second kappa shape index (κ2) is 8.48. The molecule has 1 aliphatic rings. The van der Waals surface area contributed by atoms with Gasteiger partial charge in [-0.25, -0.2) is 5.01 Å². The molecule has 144 valence electrons. The second-order valence-corrected chi connectivity index (χ2v) is 6.80. The summed E-state index contributed by atoms with van der Waals surface area (Å²) in [6.07, 6.45) is 2.91. The lowest BCUT2D eigenvalue weighted by molar-refractivity contribution is -0.384. The Morgan fingerprint density at radius 2 is 2.04 bits per heavy atom. The van der Waals surface area contributed by atoms with Gasteiger partial charge in [-0.2, -0.15) is 0 Å². The number of nitrogens with zero attached hydrogens (tertiary/aromatic N) is 3. The van der Waals surface area contributed by atoms with Crippen LogP contribution in [0.15, 0.2) is 48.8 Å². The van der Waals surface area contributed by atoms with E-state index in [1.54, 1.807) is 6.07 Å². The minimum absolute atomic E-state index is 0.103. The van der Waals surface area contributed by atoms with Crippen LogP contribution in [0.3, 0.4) is 0 Å². The summed E-state index contributed by atoms with van der Waals surface area (Å²) in [5, 5.41) is 14.0. The molecule has 28 heavy (non-hydrogen) atoms. The molecule has 0 spiro atoms. The van der Waals surface area contributed by atoms with Crippen LogP contribution in [0.5, 0.6) is 0 Å². The molecule has 10 nitrogen and oxygen atoms in total. The number of amides is 3. The summed E-state index contributed by atoms with van der Waals surface area (Å²) in [6, 6.07) is 8.89. The predicted octanol–water partition coefficient (Wildman–Crippen LogP) is 1.02. The molecule has 1 aromatic heterocycles. The van der Waals surface area contributed by atoms with Crippen LogP contribution in [-0.2, 0) is 9.59 Å². The Morgan fingerprint density at radius 3 is 2.75 bits per heavy atom. The van der Waals surface area contributed by atoms with Crippen LogP contribution in [0.4, 0.5) is 5.69 Å². The van der Waals surface area contributed by atoms with E-state index in [1.807, 2.05) is 0 Å². The number of rotatable bonds is 6. The minimum Gasteiger partial charge on any atom is -0.343 e. The fraction of sp³-hybridized carbons (Fsp3) is 0.176. The summed E-state index contributed by atoms with van der Waals surface area (Å²) in [5.41, 5.74) is 3.23. The molecule has 1 unspecified atom stereocenters. The van der Waals surface area contributed by atoms with Crippen molar-refractivity contribution in [2.75, 3.05) is 12.3 Å². The monoisotopic (exact) mass is 401 g/mol. The van der Waals surface area contributed by atoms with Gasteiger partial charge < -0.3 is 5.32 Å². The first-order valence-corrected chi connectivity index (χ1v) is 9.16. The Morgan fingerprint density at radius 1 is 1.29 bits per heavy atom. The van der Waals surface area contributed by atoms with Gasteiger partial charge in [-0.1, -0.05) is 12.1 Å². The third-order valence-electron chi connectivity index (χ3n) is 3.83. The maximum Gasteiger partial charge on any atom is 0.269 e. The van der Waals surface area contributed by atoms with E-state index < -0.39 is 22.1 Å². The summed E-state index contributed by atoms with van der Waals surface area (Å²) in [4.78, 5) is 50.5. The van der Waals surface area contributed by atoms with Crippen molar-refractivity contribution in [3.05, 3.63) is 70.0 Å². The molecule has 2 aromatic rings. The van der Waals surface area contributed by atoms with Crippen LogP contribution < -0.4 is 10.7 Å². The molecular weight excluding hydrogens is 386 g/mol. The van der Waals surface area contributed by atoms with Gasteiger partial charge in [0.2, 0.25) is 0 Å². The van der Waals surface area contributed by atoms with Crippen LogP contribution >= 0.6 is 11.8 Å². The molecule has 2 N–H and O–H groups in total. The molecule has 0 radical (unpaired) electrons. The van der Waals surface area contributed by atoms with Crippen LogP contribution in [0.2, 0.25) is 0 Å². The predicted molar refractivity (Wildman–Crippen MR) is 99.9 cm³/mol. The third kappa shape index (κ3) is 4.43. The molecule has 1 atom stereocenters. The van der Waals surface area contributed by atoms with Gasteiger partial charge in [-0.3, -0.25) is 34.9 Å². The van der Waals surface area contributed by atoms with Gasteiger partial charge in [0.05, 0.1) is 17.2 Å². The largest absolute Gasteiger partial charge is 0.343 e. The molecule has 1 aromatic carbocycles. The highest BCUT2D eigenvalue weighted by atomic mass is 32.2. The number of nitrogens with one attached hydrogen (secondary N) is 2. The lowest BCUT2D eigenvalue weighted by Crippen LogP contribution is -2.48. The summed E-state index contributed by atoms with van der Waals surface area (Å²) < 4.78 is 0. The van der Waals surface area contributed by atoms with Crippen molar-refractivity contribution in [3.63, 3.8) is 0 Å². The smallest absolute Gasteiger partial charge is 0.269 e. The van der Waals surface area contributed by atoms with Gasteiger partial charge >= 0.3 is 0 Å². The Kier molecular flexibility index (Phi) is 5.84. The number of hydrogen-bond donors (Lipinski definition) is 2. The van der Waals surface area contributed by atoms with Crippen molar-refractivity contribution >= 4 is 35.2 Å². The molecule has 0 saturated carbocycles. The standard InChI is InChI=1S/C17H15N5O5S/c23-14(9-19-16(25)11-4-6-18-7-5-11)20-21-15(24)10-28-17(21)12-2-1-3-13(8-12)22(26)27/h1-8,17H,9-10H2,(H,19,25)(H,20,23). The third-order valence-corrected chi connectivity index (χ3v) is 5.04. The van der Waals surface area contributed by atoms with Crippen LogP contribution in [0, 0.1) is 10.1 Å². The van der Waals surface area contributed by atoms with Crippen LogP contribution in [0.25, 0.3) is 0 Å². The Balaban J connectivity index is 1.63. The molecule has 0 aliphatic carbocycles. The van der Waals surface area contributed by atoms with E-state index in [4.69, 9.17) is 0 Å². The summed E-state index contributed by atoms with van der Waals surface area (Å²) in [6.45, 7) is -0.336. The van der Waals surface area contributed by atoms with Crippen molar-refractivity contribution in [3.8, 4) is 0 Å². The van der Waals surface area contributed by atoms with Gasteiger partial charge in [0.25, 0.3) is 23.4 Å². The number of hydrazine groups is 1. The molecule has 11 heteroatoms. The van der Waals surface area contributed by atoms with Gasteiger partial charge in [0.1, 0.15) is 5.37 Å². The summed E-state index contributed by atoms with van der Waals surface area (Å²) in [7, 11) is 0. The first kappa shape index (κ1) is 19.3.